The van der Waals surface area contributed by atoms with Crippen molar-refractivity contribution in [3.63, 3.8) is 0 Å². The average molecular weight is 292 g/mol. The first kappa shape index (κ1) is 15.7. The lowest BCUT2D eigenvalue weighted by Crippen LogP contribution is -2.50. The van der Waals surface area contributed by atoms with Crippen LogP contribution in [0.1, 0.15) is 39.4 Å². The zero-order valence-electron chi connectivity index (χ0n) is 13.2. The molecule has 0 unspecified atom stereocenters. The summed E-state index contributed by atoms with van der Waals surface area (Å²) in [5, 5.41) is 0. The first-order valence-corrected chi connectivity index (χ1v) is 7.35. The van der Waals surface area contributed by atoms with Crippen LogP contribution < -0.4 is 0 Å². The van der Waals surface area contributed by atoms with Crippen molar-refractivity contribution in [3.05, 3.63) is 24.3 Å². The van der Waals surface area contributed by atoms with Gasteiger partial charge in [-0.2, -0.15) is 0 Å². The Bertz CT molecular complexity index is 464. The lowest BCUT2D eigenvalue weighted by Gasteiger charge is -2.38. The largest absolute Gasteiger partial charge is 0.444 e. The lowest BCUT2D eigenvalue weighted by atomic mass is 10.2. The smallest absolute Gasteiger partial charge is 0.410 e. The highest BCUT2D eigenvalue weighted by molar-refractivity contribution is 5.68. The summed E-state index contributed by atoms with van der Waals surface area (Å²) >= 11 is 0. The first-order valence-electron chi connectivity index (χ1n) is 7.35. The van der Waals surface area contributed by atoms with Gasteiger partial charge < -0.3 is 9.64 Å². The maximum absolute atomic E-state index is 12.0. The summed E-state index contributed by atoms with van der Waals surface area (Å²) in [5.74, 6) is 0. The molecule has 1 fully saturated rings. The monoisotopic (exact) mass is 292 g/mol. The van der Waals surface area contributed by atoms with E-state index < -0.39 is 5.60 Å². The Morgan fingerprint density at radius 3 is 2.43 bits per heavy atom. The second kappa shape index (κ2) is 6.39. The summed E-state index contributed by atoms with van der Waals surface area (Å²) in [4.78, 5) is 24.6. The Morgan fingerprint density at radius 2 is 1.90 bits per heavy atom. The van der Waals surface area contributed by atoms with Gasteiger partial charge in [-0.1, -0.05) is 0 Å². The van der Waals surface area contributed by atoms with Gasteiger partial charge in [0.2, 0.25) is 0 Å². The van der Waals surface area contributed by atoms with Crippen LogP contribution in [0.25, 0.3) is 0 Å². The molecule has 1 aromatic heterocycles. The standard InChI is InChI=1S/C15H24N4O2/c1-12(13-11-16-5-6-17-13)18-7-9-19(10-8-18)14(20)21-15(2,3)4/h5-6,11-12H,7-10H2,1-4H3/t12-/m0/s1. The highest BCUT2D eigenvalue weighted by Crippen LogP contribution is 2.20. The molecule has 0 bridgehead atoms. The maximum atomic E-state index is 12.0. The highest BCUT2D eigenvalue weighted by Gasteiger charge is 2.28. The zero-order valence-corrected chi connectivity index (χ0v) is 13.2. The molecule has 2 rings (SSSR count). The molecule has 1 atom stereocenters. The second-order valence-electron chi connectivity index (χ2n) is 6.31. The summed E-state index contributed by atoms with van der Waals surface area (Å²) in [6.45, 7) is 10.8. The number of hydrogen-bond acceptors (Lipinski definition) is 5. The predicted octanol–water partition coefficient (Wildman–Crippen LogP) is 2.09. The number of ether oxygens (including phenoxy) is 1. The molecule has 1 saturated heterocycles. The highest BCUT2D eigenvalue weighted by atomic mass is 16.6. The van der Waals surface area contributed by atoms with Gasteiger partial charge in [-0.3, -0.25) is 14.9 Å². The van der Waals surface area contributed by atoms with E-state index in [9.17, 15) is 4.79 Å². The van der Waals surface area contributed by atoms with Crippen LogP contribution in [0, 0.1) is 0 Å². The van der Waals surface area contributed by atoms with E-state index in [0.717, 1.165) is 18.8 Å². The van der Waals surface area contributed by atoms with E-state index in [2.05, 4.69) is 21.8 Å². The van der Waals surface area contributed by atoms with E-state index in [-0.39, 0.29) is 12.1 Å². The van der Waals surface area contributed by atoms with Gasteiger partial charge in [0, 0.05) is 44.8 Å². The average Bonchev–Trinajstić information content (AvgIpc) is 2.46. The molecular formula is C15H24N4O2. The number of nitrogens with zero attached hydrogens (tertiary/aromatic N) is 4. The van der Waals surface area contributed by atoms with Crippen LogP contribution in [-0.2, 0) is 4.74 Å². The van der Waals surface area contributed by atoms with Crippen molar-refractivity contribution < 1.29 is 9.53 Å². The molecule has 0 aromatic carbocycles. The number of aromatic nitrogens is 2. The van der Waals surface area contributed by atoms with Crippen LogP contribution in [0.5, 0.6) is 0 Å². The molecular weight excluding hydrogens is 268 g/mol. The van der Waals surface area contributed by atoms with Crippen LogP contribution in [-0.4, -0.2) is 57.6 Å². The molecule has 6 nitrogen and oxygen atoms in total. The fourth-order valence-corrected chi connectivity index (χ4v) is 2.33. The Hall–Kier alpha value is -1.69. The zero-order chi connectivity index (χ0) is 15.5. The molecule has 1 aliphatic rings. The third-order valence-corrected chi connectivity index (χ3v) is 3.52. The fourth-order valence-electron chi connectivity index (χ4n) is 2.33. The minimum atomic E-state index is -0.443. The van der Waals surface area contributed by atoms with E-state index in [1.807, 2.05) is 20.8 Å². The second-order valence-corrected chi connectivity index (χ2v) is 6.31. The Labute approximate surface area is 126 Å². The molecule has 6 heteroatoms. The molecule has 0 aliphatic carbocycles. The summed E-state index contributed by atoms with van der Waals surface area (Å²) in [5.41, 5.74) is 0.518. The van der Waals surface area contributed by atoms with Gasteiger partial charge in [0.05, 0.1) is 11.7 Å². The van der Waals surface area contributed by atoms with Crippen LogP contribution in [0.2, 0.25) is 0 Å². The summed E-state index contributed by atoms with van der Waals surface area (Å²) in [6, 6.07) is 0.208. The quantitative estimate of drug-likeness (QED) is 0.835. The molecule has 1 aliphatic heterocycles. The number of rotatable bonds is 2. The van der Waals surface area contributed by atoms with Gasteiger partial charge in [0.1, 0.15) is 5.60 Å². The van der Waals surface area contributed by atoms with Crippen molar-refractivity contribution in [2.24, 2.45) is 0 Å². The van der Waals surface area contributed by atoms with Crippen LogP contribution in [0.15, 0.2) is 18.6 Å². The van der Waals surface area contributed by atoms with E-state index in [0.29, 0.717) is 13.1 Å². The third-order valence-electron chi connectivity index (χ3n) is 3.52. The van der Waals surface area contributed by atoms with E-state index in [1.54, 1.807) is 23.5 Å². The van der Waals surface area contributed by atoms with Gasteiger partial charge in [0.15, 0.2) is 0 Å². The molecule has 0 N–H and O–H groups in total. The first-order chi connectivity index (χ1) is 9.87. The molecule has 0 radical (unpaired) electrons. The van der Waals surface area contributed by atoms with Gasteiger partial charge in [-0.05, 0) is 27.7 Å². The molecule has 21 heavy (non-hydrogen) atoms. The number of hydrogen-bond donors (Lipinski definition) is 0. The molecule has 0 spiro atoms. The number of amides is 1. The minimum absolute atomic E-state index is 0.208. The van der Waals surface area contributed by atoms with Crippen molar-refractivity contribution in [1.29, 1.82) is 0 Å². The number of piperazine rings is 1. The van der Waals surface area contributed by atoms with E-state index in [1.165, 1.54) is 0 Å². The Balaban J connectivity index is 1.87. The van der Waals surface area contributed by atoms with Crippen molar-refractivity contribution in [2.45, 2.75) is 39.3 Å². The van der Waals surface area contributed by atoms with Crippen LogP contribution in [0.4, 0.5) is 4.79 Å². The minimum Gasteiger partial charge on any atom is -0.444 e. The lowest BCUT2D eigenvalue weighted by molar-refractivity contribution is 0.0108. The summed E-state index contributed by atoms with van der Waals surface area (Å²) < 4.78 is 5.40. The topological polar surface area (TPSA) is 58.6 Å². The molecule has 0 saturated carbocycles. The Kier molecular flexibility index (Phi) is 4.77. The number of carbonyl (C=O) groups excluding carboxylic acids is 1. The third kappa shape index (κ3) is 4.39. The summed E-state index contributed by atoms with van der Waals surface area (Å²) in [7, 11) is 0. The van der Waals surface area contributed by atoms with Crippen molar-refractivity contribution in [3.8, 4) is 0 Å². The van der Waals surface area contributed by atoms with Crippen LogP contribution in [0.3, 0.4) is 0 Å². The van der Waals surface area contributed by atoms with Crippen molar-refractivity contribution in [2.75, 3.05) is 26.2 Å². The van der Waals surface area contributed by atoms with E-state index in [4.69, 9.17) is 4.74 Å². The molecule has 1 amide bonds. The van der Waals surface area contributed by atoms with Gasteiger partial charge in [-0.25, -0.2) is 4.79 Å². The van der Waals surface area contributed by atoms with E-state index >= 15 is 0 Å². The van der Waals surface area contributed by atoms with Crippen molar-refractivity contribution in [1.82, 2.24) is 19.8 Å². The fraction of sp³-hybridized carbons (Fsp3) is 0.667. The maximum Gasteiger partial charge on any atom is 0.410 e. The number of carbonyl (C=O) groups is 1. The molecule has 116 valence electrons. The SMILES string of the molecule is C[C@@H](c1cnccn1)N1CCN(C(=O)OC(C)(C)C)CC1. The predicted molar refractivity (Wildman–Crippen MR) is 79.8 cm³/mol. The van der Waals surface area contributed by atoms with Gasteiger partial charge in [0.25, 0.3) is 0 Å². The van der Waals surface area contributed by atoms with Gasteiger partial charge in [-0.15, -0.1) is 0 Å². The summed E-state index contributed by atoms with van der Waals surface area (Å²) in [6.07, 6.45) is 4.96. The molecule has 1 aromatic rings. The van der Waals surface area contributed by atoms with Gasteiger partial charge >= 0.3 is 6.09 Å². The molecule has 2 heterocycles. The Morgan fingerprint density at radius 1 is 1.24 bits per heavy atom. The van der Waals surface area contributed by atoms with Crippen molar-refractivity contribution >= 4 is 6.09 Å². The normalized spacial score (nSPS) is 18.4. The van der Waals surface area contributed by atoms with Crippen LogP contribution >= 0.6 is 0 Å².